The van der Waals surface area contributed by atoms with Crippen LogP contribution in [0.5, 0.6) is 0 Å². The molecule has 84 valence electrons. The van der Waals surface area contributed by atoms with E-state index in [0.29, 0.717) is 5.76 Å². The summed E-state index contributed by atoms with van der Waals surface area (Å²) in [4.78, 5) is 0. The zero-order valence-electron chi connectivity index (χ0n) is 8.71. The van der Waals surface area contributed by atoms with Crippen molar-refractivity contribution in [2.75, 3.05) is 7.05 Å². The van der Waals surface area contributed by atoms with Crippen LogP contribution in [0.15, 0.2) is 41.0 Å². The van der Waals surface area contributed by atoms with Crippen LogP contribution in [-0.4, -0.2) is 7.05 Å². The number of nitrogens with one attached hydrogen (secondary N) is 1. The Morgan fingerprint density at radius 3 is 2.31 bits per heavy atom. The van der Waals surface area contributed by atoms with E-state index >= 15 is 0 Å². The quantitative estimate of drug-likeness (QED) is 0.865. The Morgan fingerprint density at radius 2 is 1.81 bits per heavy atom. The van der Waals surface area contributed by atoms with E-state index in [9.17, 15) is 8.78 Å². The first-order chi connectivity index (χ1) is 7.74. The minimum absolute atomic E-state index is 0.0278. The normalized spacial score (nSPS) is 12.7. The zero-order chi connectivity index (χ0) is 11.5. The van der Waals surface area contributed by atoms with Crippen molar-refractivity contribution in [3.8, 4) is 0 Å². The summed E-state index contributed by atoms with van der Waals surface area (Å²) in [7, 11) is 1.62. The van der Waals surface area contributed by atoms with Gasteiger partial charge in [0, 0.05) is 5.56 Å². The predicted molar refractivity (Wildman–Crippen MR) is 56.0 cm³/mol. The maximum Gasteiger partial charge on any atom is 0.131 e. The standard InChI is InChI=1S/C12H11F2NO/c1-15-12(10-6-3-7-16-10)11-8(13)4-2-5-9(11)14/h2-7,12,15H,1H3. The molecule has 0 aliphatic carbocycles. The lowest BCUT2D eigenvalue weighted by atomic mass is 10.0. The van der Waals surface area contributed by atoms with Gasteiger partial charge in [0.1, 0.15) is 17.4 Å². The third kappa shape index (κ3) is 1.84. The van der Waals surface area contributed by atoms with E-state index in [-0.39, 0.29) is 5.56 Å². The Hall–Kier alpha value is -1.68. The van der Waals surface area contributed by atoms with Crippen molar-refractivity contribution in [3.05, 3.63) is 59.6 Å². The summed E-state index contributed by atoms with van der Waals surface area (Å²) in [6.07, 6.45) is 1.47. The van der Waals surface area contributed by atoms with Gasteiger partial charge in [-0.1, -0.05) is 6.07 Å². The van der Waals surface area contributed by atoms with Crippen LogP contribution >= 0.6 is 0 Å². The van der Waals surface area contributed by atoms with E-state index in [1.54, 1.807) is 19.2 Å². The van der Waals surface area contributed by atoms with Crippen molar-refractivity contribution in [1.29, 1.82) is 0 Å². The van der Waals surface area contributed by atoms with Crippen LogP contribution in [0.1, 0.15) is 17.4 Å². The molecule has 0 saturated heterocycles. The van der Waals surface area contributed by atoms with Gasteiger partial charge in [-0.2, -0.15) is 0 Å². The van der Waals surface area contributed by atoms with E-state index in [0.717, 1.165) is 0 Å². The summed E-state index contributed by atoms with van der Waals surface area (Å²) in [5.74, 6) is -0.696. The van der Waals surface area contributed by atoms with Crippen molar-refractivity contribution in [2.45, 2.75) is 6.04 Å². The van der Waals surface area contributed by atoms with Crippen molar-refractivity contribution in [1.82, 2.24) is 5.32 Å². The van der Waals surface area contributed by atoms with E-state index in [2.05, 4.69) is 5.32 Å². The van der Waals surface area contributed by atoms with E-state index < -0.39 is 17.7 Å². The molecule has 0 aliphatic rings. The Balaban J connectivity index is 2.49. The Labute approximate surface area is 91.9 Å². The van der Waals surface area contributed by atoms with Gasteiger partial charge in [0.15, 0.2) is 0 Å². The van der Waals surface area contributed by atoms with Crippen LogP contribution in [0.2, 0.25) is 0 Å². The second-order valence-corrected chi connectivity index (χ2v) is 3.37. The minimum Gasteiger partial charge on any atom is -0.467 e. The molecule has 1 atom stereocenters. The van der Waals surface area contributed by atoms with Crippen LogP contribution in [-0.2, 0) is 0 Å². The molecule has 2 rings (SSSR count). The highest BCUT2D eigenvalue weighted by atomic mass is 19.1. The van der Waals surface area contributed by atoms with Gasteiger partial charge in [-0.15, -0.1) is 0 Å². The van der Waals surface area contributed by atoms with Gasteiger partial charge in [-0.05, 0) is 31.3 Å². The lowest BCUT2D eigenvalue weighted by Crippen LogP contribution is -2.19. The van der Waals surface area contributed by atoms with Gasteiger partial charge in [-0.25, -0.2) is 8.78 Å². The second-order valence-electron chi connectivity index (χ2n) is 3.37. The second kappa shape index (κ2) is 4.45. The van der Waals surface area contributed by atoms with Gasteiger partial charge in [0.05, 0.1) is 12.3 Å². The summed E-state index contributed by atoms with van der Waals surface area (Å²) in [6.45, 7) is 0. The van der Waals surface area contributed by atoms with Gasteiger partial charge < -0.3 is 9.73 Å². The molecule has 0 radical (unpaired) electrons. The monoisotopic (exact) mass is 223 g/mol. The number of halogens is 2. The third-order valence-corrected chi connectivity index (χ3v) is 2.40. The van der Waals surface area contributed by atoms with Crippen LogP contribution in [0.4, 0.5) is 8.78 Å². The molecule has 16 heavy (non-hydrogen) atoms. The molecule has 0 aliphatic heterocycles. The van der Waals surface area contributed by atoms with E-state index in [4.69, 9.17) is 4.42 Å². The molecule has 1 aromatic carbocycles. The summed E-state index contributed by atoms with van der Waals surface area (Å²) < 4.78 is 32.3. The van der Waals surface area contributed by atoms with Crippen LogP contribution in [0.3, 0.4) is 0 Å². The Bertz CT molecular complexity index is 448. The maximum absolute atomic E-state index is 13.6. The average Bonchev–Trinajstić information content (AvgIpc) is 2.77. The Morgan fingerprint density at radius 1 is 1.12 bits per heavy atom. The topological polar surface area (TPSA) is 25.2 Å². The molecule has 1 unspecified atom stereocenters. The fraction of sp³-hybridized carbons (Fsp3) is 0.167. The average molecular weight is 223 g/mol. The lowest BCUT2D eigenvalue weighted by Gasteiger charge is -2.15. The molecular weight excluding hydrogens is 212 g/mol. The number of hydrogen-bond donors (Lipinski definition) is 1. The summed E-state index contributed by atoms with van der Waals surface area (Å²) in [6, 6.07) is 6.53. The maximum atomic E-state index is 13.6. The largest absolute Gasteiger partial charge is 0.467 e. The van der Waals surface area contributed by atoms with E-state index in [1.165, 1.54) is 24.5 Å². The molecule has 1 N–H and O–H groups in total. The smallest absolute Gasteiger partial charge is 0.131 e. The highest BCUT2D eigenvalue weighted by molar-refractivity contribution is 5.29. The summed E-state index contributed by atoms with van der Waals surface area (Å²) in [5, 5.41) is 2.83. The molecule has 2 aromatic rings. The predicted octanol–water partition coefficient (Wildman–Crippen LogP) is 2.87. The van der Waals surface area contributed by atoms with Gasteiger partial charge in [0.2, 0.25) is 0 Å². The number of rotatable bonds is 3. The highest BCUT2D eigenvalue weighted by Gasteiger charge is 2.22. The molecule has 0 spiro atoms. The molecular formula is C12H11F2NO. The minimum atomic E-state index is -0.615. The SMILES string of the molecule is CNC(c1ccco1)c1c(F)cccc1F. The first-order valence-electron chi connectivity index (χ1n) is 4.88. The molecule has 2 nitrogen and oxygen atoms in total. The zero-order valence-corrected chi connectivity index (χ0v) is 8.71. The molecule has 0 amide bonds. The molecule has 4 heteroatoms. The third-order valence-electron chi connectivity index (χ3n) is 2.40. The van der Waals surface area contributed by atoms with Crippen LogP contribution in [0.25, 0.3) is 0 Å². The fourth-order valence-electron chi connectivity index (χ4n) is 1.67. The van der Waals surface area contributed by atoms with Gasteiger partial charge >= 0.3 is 0 Å². The molecule has 1 aromatic heterocycles. The van der Waals surface area contributed by atoms with Gasteiger partial charge in [0.25, 0.3) is 0 Å². The highest BCUT2D eigenvalue weighted by Crippen LogP contribution is 2.26. The first-order valence-corrected chi connectivity index (χ1v) is 4.88. The summed E-state index contributed by atoms with van der Waals surface area (Å²) >= 11 is 0. The van der Waals surface area contributed by atoms with Crippen molar-refractivity contribution < 1.29 is 13.2 Å². The number of benzene rings is 1. The van der Waals surface area contributed by atoms with Crippen molar-refractivity contribution in [3.63, 3.8) is 0 Å². The Kier molecular flexibility index (Phi) is 3.01. The fourth-order valence-corrected chi connectivity index (χ4v) is 1.67. The van der Waals surface area contributed by atoms with Crippen molar-refractivity contribution >= 4 is 0 Å². The molecule has 1 heterocycles. The number of hydrogen-bond acceptors (Lipinski definition) is 2. The van der Waals surface area contributed by atoms with Crippen LogP contribution in [0, 0.1) is 11.6 Å². The lowest BCUT2D eigenvalue weighted by molar-refractivity contribution is 0.438. The van der Waals surface area contributed by atoms with Crippen LogP contribution < -0.4 is 5.32 Å². The summed E-state index contributed by atoms with van der Waals surface area (Å²) in [5.41, 5.74) is -0.0278. The van der Waals surface area contributed by atoms with Gasteiger partial charge in [-0.3, -0.25) is 0 Å². The van der Waals surface area contributed by atoms with Crippen molar-refractivity contribution in [2.24, 2.45) is 0 Å². The molecule has 0 bridgehead atoms. The molecule has 0 fully saturated rings. The van der Waals surface area contributed by atoms with E-state index in [1.807, 2.05) is 0 Å². The number of furan rings is 1. The molecule has 0 saturated carbocycles. The first kappa shape index (κ1) is 10.8.